The van der Waals surface area contributed by atoms with Crippen LogP contribution in [0.4, 0.5) is 5.13 Å². The van der Waals surface area contributed by atoms with Gasteiger partial charge in [-0.15, -0.1) is 0 Å². The minimum absolute atomic E-state index is 0.149. The average Bonchev–Trinajstić information content (AvgIpc) is 3.12. The number of amides is 1. The summed E-state index contributed by atoms with van der Waals surface area (Å²) in [5, 5.41) is 0.872. The highest BCUT2D eigenvalue weighted by Gasteiger charge is 2.23. The van der Waals surface area contributed by atoms with Crippen LogP contribution in [0.15, 0.2) is 47.4 Å². The van der Waals surface area contributed by atoms with E-state index in [1.807, 2.05) is 36.1 Å². The van der Waals surface area contributed by atoms with Crippen molar-refractivity contribution < 1.29 is 13.2 Å². The first-order valence-electron chi connectivity index (χ1n) is 9.48. The highest BCUT2D eigenvalue weighted by atomic mass is 32.2. The molecule has 1 amide bonds. The lowest BCUT2D eigenvalue weighted by Crippen LogP contribution is -2.49. The van der Waals surface area contributed by atoms with Crippen LogP contribution >= 0.6 is 11.3 Å². The molecule has 0 bridgehead atoms. The molecule has 0 saturated carbocycles. The predicted octanol–water partition coefficient (Wildman–Crippen LogP) is 2.90. The van der Waals surface area contributed by atoms with Crippen LogP contribution in [0, 0.1) is 6.92 Å². The van der Waals surface area contributed by atoms with Crippen LogP contribution in [0.1, 0.15) is 11.1 Å². The number of benzene rings is 2. The molecule has 1 aliphatic rings. The molecule has 1 aromatic heterocycles. The van der Waals surface area contributed by atoms with Crippen LogP contribution < -0.4 is 4.90 Å². The zero-order valence-electron chi connectivity index (χ0n) is 16.5. The van der Waals surface area contributed by atoms with Crippen molar-refractivity contribution in [1.82, 2.24) is 9.88 Å². The number of hydrogen-bond acceptors (Lipinski definition) is 6. The molecule has 0 radical (unpaired) electrons. The monoisotopic (exact) mass is 429 g/mol. The summed E-state index contributed by atoms with van der Waals surface area (Å²) < 4.78 is 24.4. The molecule has 0 spiro atoms. The van der Waals surface area contributed by atoms with Crippen LogP contribution in [0.25, 0.3) is 10.2 Å². The summed E-state index contributed by atoms with van der Waals surface area (Å²) >= 11 is 1.49. The van der Waals surface area contributed by atoms with Gasteiger partial charge >= 0.3 is 0 Å². The third kappa shape index (κ3) is 4.43. The Balaban J connectivity index is 1.41. The van der Waals surface area contributed by atoms with E-state index in [9.17, 15) is 13.2 Å². The molecule has 0 aliphatic carbocycles. The van der Waals surface area contributed by atoms with Crippen LogP contribution in [-0.2, 0) is 21.1 Å². The summed E-state index contributed by atoms with van der Waals surface area (Å²) in [5.74, 6) is 0.149. The zero-order valence-corrected chi connectivity index (χ0v) is 18.1. The van der Waals surface area contributed by atoms with Gasteiger partial charge in [-0.2, -0.15) is 0 Å². The van der Waals surface area contributed by atoms with E-state index in [1.54, 1.807) is 18.2 Å². The van der Waals surface area contributed by atoms with Gasteiger partial charge in [0.1, 0.15) is 0 Å². The van der Waals surface area contributed by atoms with Gasteiger partial charge in [0.25, 0.3) is 0 Å². The number of nitrogens with zero attached hydrogens (tertiary/aromatic N) is 3. The number of thiazole rings is 1. The van der Waals surface area contributed by atoms with E-state index in [-0.39, 0.29) is 5.91 Å². The van der Waals surface area contributed by atoms with E-state index >= 15 is 0 Å². The van der Waals surface area contributed by atoms with Gasteiger partial charge in [-0.05, 0) is 30.7 Å². The number of anilines is 1. The average molecular weight is 430 g/mol. The number of carbonyl (C=O) groups excluding carboxylic acids is 1. The minimum Gasteiger partial charge on any atom is -0.345 e. The third-order valence-corrected chi connectivity index (χ3v) is 7.34. The fourth-order valence-electron chi connectivity index (χ4n) is 3.40. The first-order chi connectivity index (χ1) is 13.8. The number of aromatic nitrogens is 1. The number of rotatable bonds is 4. The fraction of sp³-hybridized carbons (Fsp3) is 0.333. The molecule has 1 fully saturated rings. The summed E-state index contributed by atoms with van der Waals surface area (Å²) in [4.78, 5) is 21.6. The Labute approximate surface area is 174 Å². The minimum atomic E-state index is -3.23. The maximum absolute atomic E-state index is 12.6. The molecule has 6 nitrogen and oxygen atoms in total. The molecule has 2 aromatic carbocycles. The molecule has 0 atom stereocenters. The van der Waals surface area contributed by atoms with E-state index in [1.165, 1.54) is 23.2 Å². The quantitative estimate of drug-likeness (QED) is 0.638. The second-order valence-corrected chi connectivity index (χ2v) is 10.5. The molecule has 152 valence electrons. The molecule has 4 rings (SSSR count). The van der Waals surface area contributed by atoms with Crippen molar-refractivity contribution in [2.75, 3.05) is 37.3 Å². The summed E-state index contributed by atoms with van der Waals surface area (Å²) in [7, 11) is -3.23. The van der Waals surface area contributed by atoms with Gasteiger partial charge in [-0.1, -0.05) is 41.2 Å². The molecule has 8 heteroatoms. The molecule has 29 heavy (non-hydrogen) atoms. The smallest absolute Gasteiger partial charge is 0.227 e. The number of aryl methyl sites for hydroxylation is 1. The molecular weight excluding hydrogens is 406 g/mol. The highest BCUT2D eigenvalue weighted by Crippen LogP contribution is 2.31. The third-order valence-electron chi connectivity index (χ3n) is 5.16. The maximum atomic E-state index is 12.6. The van der Waals surface area contributed by atoms with Gasteiger partial charge in [0.15, 0.2) is 15.0 Å². The Morgan fingerprint density at radius 2 is 1.76 bits per heavy atom. The Bertz CT molecular complexity index is 1150. The van der Waals surface area contributed by atoms with Crippen LogP contribution in [0.2, 0.25) is 0 Å². The lowest BCUT2D eigenvalue weighted by Gasteiger charge is -2.34. The maximum Gasteiger partial charge on any atom is 0.227 e. The van der Waals surface area contributed by atoms with Crippen molar-refractivity contribution in [2.45, 2.75) is 18.2 Å². The predicted molar refractivity (Wildman–Crippen MR) is 116 cm³/mol. The number of piperazine rings is 1. The lowest BCUT2D eigenvalue weighted by atomic mass is 10.1. The summed E-state index contributed by atoms with van der Waals surface area (Å²) in [6.07, 6.45) is 1.64. The van der Waals surface area contributed by atoms with Crippen molar-refractivity contribution in [2.24, 2.45) is 0 Å². The Hall–Kier alpha value is -2.45. The summed E-state index contributed by atoms with van der Waals surface area (Å²) in [5.41, 5.74) is 3.03. The normalized spacial score (nSPS) is 15.1. The molecular formula is C21H23N3O3S2. The SMILES string of the molecule is Cc1ccc(CC(=O)N2CCN(c3nc4ccc(S(C)(=O)=O)cc4s3)CC2)cc1. The van der Waals surface area contributed by atoms with Crippen molar-refractivity contribution in [3.8, 4) is 0 Å². The molecule has 0 unspecified atom stereocenters. The second-order valence-electron chi connectivity index (χ2n) is 7.43. The van der Waals surface area contributed by atoms with Crippen molar-refractivity contribution in [1.29, 1.82) is 0 Å². The largest absolute Gasteiger partial charge is 0.345 e. The number of fused-ring (bicyclic) bond motifs is 1. The van der Waals surface area contributed by atoms with Crippen molar-refractivity contribution >= 4 is 42.4 Å². The first kappa shape index (κ1) is 19.8. The van der Waals surface area contributed by atoms with Gasteiger partial charge in [0.05, 0.1) is 21.5 Å². The number of carbonyl (C=O) groups is 1. The van der Waals surface area contributed by atoms with Crippen LogP contribution in [0.3, 0.4) is 0 Å². The van der Waals surface area contributed by atoms with Gasteiger partial charge in [-0.3, -0.25) is 4.79 Å². The van der Waals surface area contributed by atoms with E-state index in [4.69, 9.17) is 0 Å². The van der Waals surface area contributed by atoms with Gasteiger partial charge in [-0.25, -0.2) is 13.4 Å². The zero-order chi connectivity index (χ0) is 20.6. The molecule has 0 N–H and O–H groups in total. The highest BCUT2D eigenvalue weighted by molar-refractivity contribution is 7.90. The number of hydrogen-bond donors (Lipinski definition) is 0. The lowest BCUT2D eigenvalue weighted by molar-refractivity contribution is -0.130. The van der Waals surface area contributed by atoms with Gasteiger partial charge in [0, 0.05) is 32.4 Å². The Morgan fingerprint density at radius 3 is 2.41 bits per heavy atom. The molecule has 1 aliphatic heterocycles. The first-order valence-corrected chi connectivity index (χ1v) is 12.2. The standard InChI is InChI=1S/C21H23N3O3S2/c1-15-3-5-16(6-4-15)13-20(25)23-9-11-24(12-10-23)21-22-18-8-7-17(29(2,26)27)14-19(18)28-21/h3-8,14H,9-13H2,1-2H3. The Kier molecular flexibility index (Phi) is 5.31. The number of sulfone groups is 1. The van der Waals surface area contributed by atoms with Crippen molar-refractivity contribution in [3.05, 3.63) is 53.6 Å². The van der Waals surface area contributed by atoms with Gasteiger partial charge in [0.2, 0.25) is 5.91 Å². The molecule has 2 heterocycles. The molecule has 1 saturated heterocycles. The molecule has 3 aromatic rings. The summed E-state index contributed by atoms with van der Waals surface area (Å²) in [6, 6.07) is 13.1. The van der Waals surface area contributed by atoms with Crippen LogP contribution in [0.5, 0.6) is 0 Å². The van der Waals surface area contributed by atoms with Crippen molar-refractivity contribution in [3.63, 3.8) is 0 Å². The van der Waals surface area contributed by atoms with E-state index in [0.717, 1.165) is 34.0 Å². The summed E-state index contributed by atoms with van der Waals surface area (Å²) in [6.45, 7) is 4.80. The second kappa shape index (κ2) is 7.76. The topological polar surface area (TPSA) is 70.6 Å². The van der Waals surface area contributed by atoms with E-state index in [0.29, 0.717) is 24.4 Å². The fourth-order valence-corrected chi connectivity index (χ4v) is 5.18. The van der Waals surface area contributed by atoms with Gasteiger partial charge < -0.3 is 9.80 Å². The van der Waals surface area contributed by atoms with E-state index < -0.39 is 9.84 Å². The van der Waals surface area contributed by atoms with Crippen LogP contribution in [-0.4, -0.2) is 56.6 Å². The van der Waals surface area contributed by atoms with E-state index in [2.05, 4.69) is 9.88 Å². The Morgan fingerprint density at radius 1 is 1.07 bits per heavy atom.